The van der Waals surface area contributed by atoms with Gasteiger partial charge in [0.25, 0.3) is 11.8 Å². The Balaban J connectivity index is 1.49. The van der Waals surface area contributed by atoms with Gasteiger partial charge in [-0.05, 0) is 31.0 Å². The molecule has 1 unspecified atom stereocenters. The highest BCUT2D eigenvalue weighted by Gasteiger charge is 2.29. The van der Waals surface area contributed by atoms with Gasteiger partial charge in [-0.15, -0.1) is 0 Å². The lowest BCUT2D eigenvalue weighted by Gasteiger charge is -2.31. The van der Waals surface area contributed by atoms with E-state index >= 15 is 0 Å². The third-order valence-electron chi connectivity index (χ3n) is 4.53. The summed E-state index contributed by atoms with van der Waals surface area (Å²) < 4.78 is 18.3. The number of nitriles is 1. The van der Waals surface area contributed by atoms with E-state index in [4.69, 9.17) is 9.78 Å². The van der Waals surface area contributed by atoms with Crippen molar-refractivity contribution in [1.29, 1.82) is 5.26 Å². The molecule has 1 amide bonds. The molecule has 4 heterocycles. The number of aromatic amines is 1. The number of carbonyl (C=O) groups excluding carboxylic acids is 1. The molecule has 3 aromatic heterocycles. The van der Waals surface area contributed by atoms with Gasteiger partial charge in [0.2, 0.25) is 5.95 Å². The zero-order chi connectivity index (χ0) is 18.8. The largest absolute Gasteiger partial charge is 0.356 e. The van der Waals surface area contributed by atoms with E-state index in [1.54, 1.807) is 17.2 Å². The fourth-order valence-electron chi connectivity index (χ4n) is 3.15. The minimum atomic E-state index is -0.619. The Morgan fingerprint density at radius 1 is 1.44 bits per heavy atom. The summed E-state index contributed by atoms with van der Waals surface area (Å²) in [6, 6.07) is 6.27. The van der Waals surface area contributed by atoms with Crippen molar-refractivity contribution in [2.45, 2.75) is 18.8 Å². The number of pyridine rings is 1. The molecule has 0 bridgehead atoms. The number of piperidine rings is 1. The highest BCUT2D eigenvalue weighted by molar-refractivity contribution is 5.94. The maximum atomic E-state index is 13.0. The Labute approximate surface area is 153 Å². The van der Waals surface area contributed by atoms with E-state index in [2.05, 4.69) is 20.1 Å². The van der Waals surface area contributed by atoms with Gasteiger partial charge >= 0.3 is 0 Å². The summed E-state index contributed by atoms with van der Waals surface area (Å²) in [6.45, 7) is 1.06. The molecule has 8 nitrogen and oxygen atoms in total. The van der Waals surface area contributed by atoms with Gasteiger partial charge in [0, 0.05) is 31.4 Å². The molecule has 27 heavy (non-hydrogen) atoms. The van der Waals surface area contributed by atoms with E-state index in [1.807, 2.05) is 6.07 Å². The molecule has 0 radical (unpaired) electrons. The van der Waals surface area contributed by atoms with Crippen LogP contribution in [0.15, 0.2) is 35.1 Å². The standard InChI is InChI=1S/C18H15FN6O2/c19-15-4-3-12(9-22-15)18(26)25-5-1-2-13(10-25)16-23-17(27-24-16)14-6-11(7-20)8-21-14/h3-4,6,8-9,13,21H,1-2,5,10H2. The second-order valence-corrected chi connectivity index (χ2v) is 6.33. The van der Waals surface area contributed by atoms with Crippen LogP contribution in [0.2, 0.25) is 0 Å². The molecule has 1 atom stereocenters. The smallest absolute Gasteiger partial charge is 0.274 e. The second kappa shape index (κ2) is 6.99. The molecule has 1 aliphatic heterocycles. The SMILES string of the molecule is N#Cc1c[nH]c(-c2nc(C3CCCN(C(=O)c4ccc(F)nc4)C3)no2)c1. The van der Waals surface area contributed by atoms with Crippen LogP contribution in [-0.4, -0.2) is 44.0 Å². The average molecular weight is 366 g/mol. The van der Waals surface area contributed by atoms with Crippen molar-refractivity contribution in [3.8, 4) is 17.7 Å². The quantitative estimate of drug-likeness (QED) is 0.713. The zero-order valence-electron chi connectivity index (χ0n) is 14.2. The summed E-state index contributed by atoms with van der Waals surface area (Å²) in [4.78, 5) is 25.2. The number of aromatic nitrogens is 4. The van der Waals surface area contributed by atoms with Crippen LogP contribution in [0, 0.1) is 17.3 Å². The zero-order valence-corrected chi connectivity index (χ0v) is 14.2. The van der Waals surface area contributed by atoms with Gasteiger partial charge in [-0.1, -0.05) is 5.16 Å². The summed E-state index contributed by atoms with van der Waals surface area (Å²) in [5.74, 6) is -0.0465. The third-order valence-corrected chi connectivity index (χ3v) is 4.53. The van der Waals surface area contributed by atoms with Crippen molar-refractivity contribution >= 4 is 5.91 Å². The van der Waals surface area contributed by atoms with Gasteiger partial charge in [0.15, 0.2) is 5.82 Å². The van der Waals surface area contributed by atoms with Crippen LogP contribution in [-0.2, 0) is 0 Å². The van der Waals surface area contributed by atoms with Crippen LogP contribution in [0.1, 0.15) is 40.5 Å². The number of halogens is 1. The van der Waals surface area contributed by atoms with E-state index in [0.29, 0.717) is 41.6 Å². The van der Waals surface area contributed by atoms with Gasteiger partial charge in [0.1, 0.15) is 11.8 Å². The van der Waals surface area contributed by atoms with Gasteiger partial charge in [-0.25, -0.2) is 4.98 Å². The molecule has 136 valence electrons. The Bertz CT molecular complexity index is 1000. The molecule has 0 spiro atoms. The molecule has 0 aliphatic carbocycles. The van der Waals surface area contributed by atoms with E-state index in [1.165, 1.54) is 18.3 Å². The molecular weight excluding hydrogens is 351 g/mol. The van der Waals surface area contributed by atoms with Crippen molar-refractivity contribution in [3.63, 3.8) is 0 Å². The molecule has 0 aromatic carbocycles. The molecular formula is C18H15FN6O2. The minimum Gasteiger partial charge on any atom is -0.356 e. The van der Waals surface area contributed by atoms with Crippen LogP contribution in [0.25, 0.3) is 11.6 Å². The van der Waals surface area contributed by atoms with Crippen LogP contribution in [0.4, 0.5) is 4.39 Å². The number of nitrogens with zero attached hydrogens (tertiary/aromatic N) is 5. The number of amides is 1. The van der Waals surface area contributed by atoms with Crippen molar-refractivity contribution in [1.82, 2.24) is 25.0 Å². The lowest BCUT2D eigenvalue weighted by Crippen LogP contribution is -2.39. The fraction of sp³-hybridized carbons (Fsp3) is 0.278. The third kappa shape index (κ3) is 3.42. The fourth-order valence-corrected chi connectivity index (χ4v) is 3.15. The molecule has 1 aliphatic rings. The second-order valence-electron chi connectivity index (χ2n) is 6.33. The monoisotopic (exact) mass is 366 g/mol. The van der Waals surface area contributed by atoms with Gasteiger partial charge in [-0.2, -0.15) is 14.6 Å². The van der Waals surface area contributed by atoms with Crippen molar-refractivity contribution < 1.29 is 13.7 Å². The maximum Gasteiger partial charge on any atom is 0.274 e. The summed E-state index contributed by atoms with van der Waals surface area (Å²) in [7, 11) is 0. The van der Waals surface area contributed by atoms with E-state index in [9.17, 15) is 9.18 Å². The van der Waals surface area contributed by atoms with Gasteiger partial charge in [0.05, 0.1) is 11.1 Å². The highest BCUT2D eigenvalue weighted by Crippen LogP contribution is 2.27. The lowest BCUT2D eigenvalue weighted by atomic mass is 9.97. The molecule has 9 heteroatoms. The Hall–Kier alpha value is -3.54. The summed E-state index contributed by atoms with van der Waals surface area (Å²) >= 11 is 0. The number of hydrogen-bond donors (Lipinski definition) is 1. The van der Waals surface area contributed by atoms with Gasteiger partial charge in [-0.3, -0.25) is 4.79 Å². The van der Waals surface area contributed by atoms with Crippen LogP contribution in [0.3, 0.4) is 0 Å². The van der Waals surface area contributed by atoms with E-state index in [0.717, 1.165) is 12.8 Å². The molecule has 4 rings (SSSR count). The first-order valence-electron chi connectivity index (χ1n) is 8.47. The lowest BCUT2D eigenvalue weighted by molar-refractivity contribution is 0.0703. The maximum absolute atomic E-state index is 13.0. The normalized spacial score (nSPS) is 16.9. The number of hydrogen-bond acceptors (Lipinski definition) is 6. The number of H-pyrrole nitrogens is 1. The van der Waals surface area contributed by atoms with Crippen LogP contribution < -0.4 is 0 Å². The predicted octanol–water partition coefficient (Wildman–Crippen LogP) is 2.49. The number of carbonyl (C=O) groups is 1. The van der Waals surface area contributed by atoms with Crippen molar-refractivity contribution in [2.24, 2.45) is 0 Å². The number of nitrogens with one attached hydrogen (secondary N) is 1. The molecule has 3 aromatic rings. The summed E-state index contributed by atoms with van der Waals surface area (Å²) in [5.41, 5.74) is 1.40. The number of rotatable bonds is 3. The first-order valence-corrected chi connectivity index (χ1v) is 8.47. The number of likely N-dealkylation sites (tertiary alicyclic amines) is 1. The van der Waals surface area contributed by atoms with Crippen molar-refractivity contribution in [2.75, 3.05) is 13.1 Å². The average Bonchev–Trinajstić information content (AvgIpc) is 3.37. The van der Waals surface area contributed by atoms with Crippen molar-refractivity contribution in [3.05, 3.63) is 53.5 Å². The Morgan fingerprint density at radius 3 is 3.07 bits per heavy atom. The molecule has 1 saturated heterocycles. The highest BCUT2D eigenvalue weighted by atomic mass is 19.1. The molecule has 0 saturated carbocycles. The molecule has 1 N–H and O–H groups in total. The first-order chi connectivity index (χ1) is 13.1. The van der Waals surface area contributed by atoms with Crippen LogP contribution >= 0.6 is 0 Å². The first kappa shape index (κ1) is 16.9. The van der Waals surface area contributed by atoms with Crippen LogP contribution in [0.5, 0.6) is 0 Å². The Kier molecular flexibility index (Phi) is 4.38. The van der Waals surface area contributed by atoms with E-state index < -0.39 is 5.95 Å². The summed E-state index contributed by atoms with van der Waals surface area (Å²) in [5, 5.41) is 12.9. The predicted molar refractivity (Wildman–Crippen MR) is 90.9 cm³/mol. The molecule has 1 fully saturated rings. The Morgan fingerprint density at radius 2 is 2.33 bits per heavy atom. The topological polar surface area (TPSA) is 112 Å². The summed E-state index contributed by atoms with van der Waals surface area (Å²) in [6.07, 6.45) is 4.44. The minimum absolute atomic E-state index is 0.0565. The van der Waals surface area contributed by atoms with Gasteiger partial charge < -0.3 is 14.4 Å². The van der Waals surface area contributed by atoms with E-state index in [-0.39, 0.29) is 11.8 Å².